The number of hydrogen-bond donors (Lipinski definition) is 2. The summed E-state index contributed by atoms with van der Waals surface area (Å²) in [7, 11) is 0. The van der Waals surface area contributed by atoms with Gasteiger partial charge in [0.1, 0.15) is 0 Å². The Hall–Kier alpha value is -1.51. The molecule has 1 aromatic carbocycles. The van der Waals surface area contributed by atoms with E-state index < -0.39 is 5.97 Å². The summed E-state index contributed by atoms with van der Waals surface area (Å²) in [5.74, 6) is -0.596. The van der Waals surface area contributed by atoms with Crippen LogP contribution in [0.1, 0.15) is 48.5 Å². The molecular formula is C12H17NO2. The zero-order valence-electron chi connectivity index (χ0n) is 9.16. The van der Waals surface area contributed by atoms with Crippen molar-refractivity contribution in [2.75, 3.05) is 5.73 Å². The van der Waals surface area contributed by atoms with Crippen LogP contribution in [-0.4, -0.2) is 11.1 Å². The standard InChI is InChI=1S/C12H17NO2/c1-3-8(4-2)10-6-5-9(13)7-11(10)12(14)15/h5-8H,3-4,13H2,1-2H3,(H,14,15). The molecule has 3 heteroatoms. The summed E-state index contributed by atoms with van der Waals surface area (Å²) in [6.45, 7) is 4.13. The molecule has 3 nitrogen and oxygen atoms in total. The molecule has 0 aliphatic heterocycles. The summed E-state index contributed by atoms with van der Waals surface area (Å²) in [4.78, 5) is 11.1. The van der Waals surface area contributed by atoms with Crippen LogP contribution in [0.25, 0.3) is 0 Å². The van der Waals surface area contributed by atoms with E-state index in [1.807, 2.05) is 6.07 Å². The largest absolute Gasteiger partial charge is 0.478 e. The van der Waals surface area contributed by atoms with Crippen molar-refractivity contribution >= 4 is 11.7 Å². The second-order valence-corrected chi connectivity index (χ2v) is 3.67. The van der Waals surface area contributed by atoms with Crippen LogP contribution in [0.3, 0.4) is 0 Å². The van der Waals surface area contributed by atoms with Gasteiger partial charge in [-0.2, -0.15) is 0 Å². The molecule has 0 bridgehead atoms. The molecule has 0 fully saturated rings. The first-order chi connectivity index (χ1) is 7.10. The van der Waals surface area contributed by atoms with Crippen LogP contribution in [0.4, 0.5) is 5.69 Å². The fourth-order valence-electron chi connectivity index (χ4n) is 1.84. The normalized spacial score (nSPS) is 10.6. The minimum absolute atomic E-state index is 0.302. The maximum atomic E-state index is 11.1. The van der Waals surface area contributed by atoms with Gasteiger partial charge in [-0.05, 0) is 36.5 Å². The van der Waals surface area contributed by atoms with Crippen LogP contribution in [-0.2, 0) is 0 Å². The molecule has 82 valence electrons. The third-order valence-corrected chi connectivity index (χ3v) is 2.73. The van der Waals surface area contributed by atoms with Crippen LogP contribution in [0.15, 0.2) is 18.2 Å². The van der Waals surface area contributed by atoms with Crippen molar-refractivity contribution in [2.45, 2.75) is 32.6 Å². The molecule has 3 N–H and O–H groups in total. The second-order valence-electron chi connectivity index (χ2n) is 3.67. The predicted molar refractivity (Wildman–Crippen MR) is 61.1 cm³/mol. The fourth-order valence-corrected chi connectivity index (χ4v) is 1.84. The van der Waals surface area contributed by atoms with Crippen LogP contribution >= 0.6 is 0 Å². The molecule has 0 saturated carbocycles. The molecule has 0 radical (unpaired) electrons. The SMILES string of the molecule is CCC(CC)c1ccc(N)cc1C(=O)O. The van der Waals surface area contributed by atoms with E-state index in [9.17, 15) is 4.79 Å². The van der Waals surface area contributed by atoms with Gasteiger partial charge in [0.25, 0.3) is 0 Å². The second kappa shape index (κ2) is 4.82. The molecule has 1 rings (SSSR count). The predicted octanol–water partition coefficient (Wildman–Crippen LogP) is 2.87. The first-order valence-electron chi connectivity index (χ1n) is 5.22. The Morgan fingerprint density at radius 2 is 2.00 bits per heavy atom. The number of hydrogen-bond acceptors (Lipinski definition) is 2. The van der Waals surface area contributed by atoms with E-state index in [2.05, 4.69) is 13.8 Å². The molecular weight excluding hydrogens is 190 g/mol. The smallest absolute Gasteiger partial charge is 0.336 e. The highest BCUT2D eigenvalue weighted by atomic mass is 16.4. The lowest BCUT2D eigenvalue weighted by Crippen LogP contribution is -2.07. The first-order valence-corrected chi connectivity index (χ1v) is 5.22. The maximum absolute atomic E-state index is 11.1. The van der Waals surface area contributed by atoms with Crippen molar-refractivity contribution in [2.24, 2.45) is 0 Å². The van der Waals surface area contributed by atoms with E-state index in [1.54, 1.807) is 6.07 Å². The van der Waals surface area contributed by atoms with Gasteiger partial charge in [-0.25, -0.2) is 4.79 Å². The number of carbonyl (C=O) groups is 1. The quantitative estimate of drug-likeness (QED) is 0.746. The van der Waals surface area contributed by atoms with Gasteiger partial charge in [0.2, 0.25) is 0 Å². The zero-order valence-corrected chi connectivity index (χ0v) is 9.16. The lowest BCUT2D eigenvalue weighted by molar-refractivity contribution is 0.0695. The Kier molecular flexibility index (Phi) is 3.72. The Bertz CT molecular complexity index is 357. The van der Waals surface area contributed by atoms with Crippen molar-refractivity contribution in [3.05, 3.63) is 29.3 Å². The van der Waals surface area contributed by atoms with Gasteiger partial charge in [-0.3, -0.25) is 0 Å². The summed E-state index contributed by atoms with van der Waals surface area (Å²) in [5.41, 5.74) is 7.31. The van der Waals surface area contributed by atoms with E-state index in [4.69, 9.17) is 10.8 Å². The highest BCUT2D eigenvalue weighted by Gasteiger charge is 2.16. The van der Waals surface area contributed by atoms with Crippen molar-refractivity contribution in [3.63, 3.8) is 0 Å². The van der Waals surface area contributed by atoms with Crippen molar-refractivity contribution in [1.82, 2.24) is 0 Å². The van der Waals surface area contributed by atoms with E-state index in [0.29, 0.717) is 17.2 Å². The summed E-state index contributed by atoms with van der Waals surface area (Å²) >= 11 is 0. The zero-order chi connectivity index (χ0) is 11.4. The minimum atomic E-state index is -0.899. The van der Waals surface area contributed by atoms with Gasteiger partial charge in [0.15, 0.2) is 0 Å². The Balaban J connectivity index is 3.21. The number of carboxylic acids is 1. The number of nitrogen functional groups attached to an aromatic ring is 1. The van der Waals surface area contributed by atoms with E-state index >= 15 is 0 Å². The van der Waals surface area contributed by atoms with Gasteiger partial charge in [0.05, 0.1) is 5.56 Å². The van der Waals surface area contributed by atoms with Crippen LogP contribution in [0.2, 0.25) is 0 Å². The molecule has 0 amide bonds. The monoisotopic (exact) mass is 207 g/mol. The molecule has 0 unspecified atom stereocenters. The number of benzene rings is 1. The number of aromatic carboxylic acids is 1. The fraction of sp³-hybridized carbons (Fsp3) is 0.417. The highest BCUT2D eigenvalue weighted by molar-refractivity contribution is 5.90. The summed E-state index contributed by atoms with van der Waals surface area (Å²) in [5, 5.41) is 9.07. The molecule has 0 spiro atoms. The lowest BCUT2D eigenvalue weighted by atomic mass is 9.90. The maximum Gasteiger partial charge on any atom is 0.336 e. The Morgan fingerprint density at radius 1 is 1.40 bits per heavy atom. The number of anilines is 1. The summed E-state index contributed by atoms with van der Waals surface area (Å²) < 4.78 is 0. The van der Waals surface area contributed by atoms with Gasteiger partial charge in [0, 0.05) is 5.69 Å². The molecule has 0 aliphatic rings. The third kappa shape index (κ3) is 2.49. The number of rotatable bonds is 4. The minimum Gasteiger partial charge on any atom is -0.478 e. The lowest BCUT2D eigenvalue weighted by Gasteiger charge is -2.15. The van der Waals surface area contributed by atoms with E-state index in [-0.39, 0.29) is 0 Å². The van der Waals surface area contributed by atoms with Crippen LogP contribution in [0.5, 0.6) is 0 Å². The first kappa shape index (κ1) is 11.6. The molecule has 1 aromatic rings. The number of carboxylic acid groups (broad SMARTS) is 1. The molecule has 0 saturated heterocycles. The molecule has 15 heavy (non-hydrogen) atoms. The van der Waals surface area contributed by atoms with Crippen molar-refractivity contribution < 1.29 is 9.90 Å². The van der Waals surface area contributed by atoms with Gasteiger partial charge >= 0.3 is 5.97 Å². The van der Waals surface area contributed by atoms with Crippen molar-refractivity contribution in [3.8, 4) is 0 Å². The summed E-state index contributed by atoms with van der Waals surface area (Å²) in [6, 6.07) is 5.13. The van der Waals surface area contributed by atoms with Gasteiger partial charge < -0.3 is 10.8 Å². The topological polar surface area (TPSA) is 63.3 Å². The highest BCUT2D eigenvalue weighted by Crippen LogP contribution is 2.27. The van der Waals surface area contributed by atoms with Crippen molar-refractivity contribution in [1.29, 1.82) is 0 Å². The van der Waals surface area contributed by atoms with Crippen LogP contribution < -0.4 is 5.73 Å². The van der Waals surface area contributed by atoms with Gasteiger partial charge in [-0.15, -0.1) is 0 Å². The van der Waals surface area contributed by atoms with E-state index in [0.717, 1.165) is 18.4 Å². The van der Waals surface area contributed by atoms with Crippen LogP contribution in [0, 0.1) is 0 Å². The molecule has 0 aromatic heterocycles. The molecule has 0 atom stereocenters. The summed E-state index contributed by atoms with van der Waals surface area (Å²) in [6.07, 6.45) is 1.89. The average molecular weight is 207 g/mol. The Labute approximate surface area is 89.9 Å². The van der Waals surface area contributed by atoms with E-state index in [1.165, 1.54) is 6.07 Å². The number of nitrogens with two attached hydrogens (primary N) is 1. The molecule has 0 heterocycles. The van der Waals surface area contributed by atoms with Gasteiger partial charge in [-0.1, -0.05) is 19.9 Å². The Morgan fingerprint density at radius 3 is 2.47 bits per heavy atom. The average Bonchev–Trinajstić information content (AvgIpc) is 2.21. The third-order valence-electron chi connectivity index (χ3n) is 2.73. The molecule has 0 aliphatic carbocycles.